The second-order valence-electron chi connectivity index (χ2n) is 7.44. The lowest BCUT2D eigenvalue weighted by Crippen LogP contribution is -2.46. The van der Waals surface area contributed by atoms with Crippen LogP contribution in [-0.2, 0) is 12.0 Å². The third-order valence-electron chi connectivity index (χ3n) is 4.78. The summed E-state index contributed by atoms with van der Waals surface area (Å²) in [6.07, 6.45) is 1.04. The number of fused-ring (bicyclic) bond motifs is 1. The Balaban J connectivity index is 1.63. The molecular formula is C19H17F3N6O2. The Labute approximate surface area is 169 Å². The lowest BCUT2D eigenvalue weighted by molar-refractivity contribution is 0.140. The molecule has 3 aromatic heterocycles. The summed E-state index contributed by atoms with van der Waals surface area (Å²) in [7, 11) is 0. The third-order valence-corrected chi connectivity index (χ3v) is 4.78. The van der Waals surface area contributed by atoms with Crippen LogP contribution in [0.3, 0.4) is 0 Å². The van der Waals surface area contributed by atoms with Gasteiger partial charge in [-0.15, -0.1) is 0 Å². The number of hydrogen-bond acceptors (Lipinski definition) is 6. The molecule has 0 radical (unpaired) electrons. The second kappa shape index (κ2) is 7.39. The molecule has 1 aliphatic rings. The van der Waals surface area contributed by atoms with E-state index in [-0.39, 0.29) is 18.8 Å². The molecule has 0 saturated carbocycles. The van der Waals surface area contributed by atoms with Gasteiger partial charge in [0, 0.05) is 36.1 Å². The van der Waals surface area contributed by atoms with E-state index in [9.17, 15) is 18.0 Å². The van der Waals surface area contributed by atoms with Crippen molar-refractivity contribution in [1.29, 1.82) is 0 Å². The van der Waals surface area contributed by atoms with Gasteiger partial charge >= 0.3 is 6.03 Å². The zero-order chi connectivity index (χ0) is 21.5. The number of aromatic nitrogens is 4. The molecule has 1 aliphatic heterocycles. The van der Waals surface area contributed by atoms with Gasteiger partial charge in [0.15, 0.2) is 11.6 Å². The molecule has 0 saturated heterocycles. The number of nitrogens with one attached hydrogen (secondary N) is 1. The zero-order valence-electron chi connectivity index (χ0n) is 16.1. The number of nitrogens with zero attached hydrogens (tertiary/aromatic N) is 5. The highest BCUT2D eigenvalue weighted by Gasteiger charge is 2.40. The fraction of sp³-hybridized carbons (Fsp3) is 0.316. The maximum atomic E-state index is 14.3. The van der Waals surface area contributed by atoms with E-state index in [1.807, 2.05) is 13.8 Å². The molecular weight excluding hydrogens is 401 g/mol. The lowest BCUT2D eigenvalue weighted by Gasteiger charge is -2.36. The molecule has 30 heavy (non-hydrogen) atoms. The van der Waals surface area contributed by atoms with Crippen molar-refractivity contribution in [1.82, 2.24) is 25.0 Å². The SMILES string of the molecule is CC1(C)CN(C(=O)Nc2ccnc(C(F)F)c2F)Cc2c1noc2-c1ncccn1. The van der Waals surface area contributed by atoms with Crippen molar-refractivity contribution >= 4 is 11.7 Å². The van der Waals surface area contributed by atoms with E-state index in [4.69, 9.17) is 4.52 Å². The molecule has 0 atom stereocenters. The average Bonchev–Trinajstić information content (AvgIpc) is 3.14. The van der Waals surface area contributed by atoms with Crippen molar-refractivity contribution in [3.63, 3.8) is 0 Å². The Hall–Kier alpha value is -3.50. The van der Waals surface area contributed by atoms with E-state index in [2.05, 4.69) is 25.4 Å². The summed E-state index contributed by atoms with van der Waals surface area (Å²) in [6.45, 7) is 4.12. The van der Waals surface area contributed by atoms with Gasteiger partial charge in [-0.05, 0) is 12.1 Å². The van der Waals surface area contributed by atoms with Gasteiger partial charge in [-0.3, -0.25) is 4.98 Å². The van der Waals surface area contributed by atoms with Crippen molar-refractivity contribution in [3.05, 3.63) is 53.5 Å². The summed E-state index contributed by atoms with van der Waals surface area (Å²) in [5.41, 5.74) is -0.658. The molecule has 0 spiro atoms. The summed E-state index contributed by atoms with van der Waals surface area (Å²) in [6, 6.07) is 2.13. The highest BCUT2D eigenvalue weighted by Crippen LogP contribution is 2.37. The summed E-state index contributed by atoms with van der Waals surface area (Å²) >= 11 is 0. The van der Waals surface area contributed by atoms with Crippen molar-refractivity contribution in [2.75, 3.05) is 11.9 Å². The normalized spacial score (nSPS) is 15.2. The van der Waals surface area contributed by atoms with Gasteiger partial charge < -0.3 is 14.7 Å². The Morgan fingerprint density at radius 2 is 1.97 bits per heavy atom. The molecule has 1 N–H and O–H groups in total. The van der Waals surface area contributed by atoms with Crippen LogP contribution >= 0.6 is 0 Å². The van der Waals surface area contributed by atoms with Crippen LogP contribution in [0.1, 0.15) is 37.2 Å². The predicted octanol–water partition coefficient (Wildman–Crippen LogP) is 3.93. The fourth-order valence-electron chi connectivity index (χ4n) is 3.43. The highest BCUT2D eigenvalue weighted by molar-refractivity contribution is 5.90. The van der Waals surface area contributed by atoms with Crippen LogP contribution in [0.15, 0.2) is 35.2 Å². The van der Waals surface area contributed by atoms with Crippen LogP contribution < -0.4 is 5.32 Å². The van der Waals surface area contributed by atoms with Crippen molar-refractivity contribution in [3.8, 4) is 11.6 Å². The first kappa shape index (κ1) is 19.8. The third kappa shape index (κ3) is 3.46. The number of rotatable bonds is 3. The molecule has 4 heterocycles. The zero-order valence-corrected chi connectivity index (χ0v) is 16.1. The number of pyridine rings is 1. The molecule has 0 fully saturated rings. The van der Waals surface area contributed by atoms with E-state index in [1.54, 1.807) is 18.5 Å². The van der Waals surface area contributed by atoms with Gasteiger partial charge in [-0.1, -0.05) is 19.0 Å². The minimum atomic E-state index is -3.09. The van der Waals surface area contributed by atoms with Crippen LogP contribution in [0.25, 0.3) is 11.6 Å². The van der Waals surface area contributed by atoms with Gasteiger partial charge in [0.2, 0.25) is 5.76 Å². The maximum absolute atomic E-state index is 14.3. The van der Waals surface area contributed by atoms with E-state index >= 15 is 0 Å². The number of amides is 2. The van der Waals surface area contributed by atoms with Crippen molar-refractivity contribution in [2.45, 2.75) is 32.2 Å². The minimum Gasteiger partial charge on any atom is -0.352 e. The molecule has 2 amide bonds. The number of halogens is 3. The topological polar surface area (TPSA) is 97.0 Å². The number of alkyl halides is 2. The lowest BCUT2D eigenvalue weighted by atomic mass is 9.82. The number of carbonyl (C=O) groups excluding carboxylic acids is 1. The first-order valence-electron chi connectivity index (χ1n) is 9.03. The van der Waals surface area contributed by atoms with Crippen LogP contribution in [-0.4, -0.2) is 37.6 Å². The van der Waals surface area contributed by atoms with Crippen LogP contribution in [0.2, 0.25) is 0 Å². The summed E-state index contributed by atoms with van der Waals surface area (Å²) in [4.78, 5) is 25.9. The van der Waals surface area contributed by atoms with Crippen LogP contribution in [0.5, 0.6) is 0 Å². The highest BCUT2D eigenvalue weighted by atomic mass is 19.3. The maximum Gasteiger partial charge on any atom is 0.322 e. The first-order valence-corrected chi connectivity index (χ1v) is 9.03. The standard InChI is InChI=1S/C19H17F3N6O2/c1-19(2)9-28(18(29)26-11-4-7-23-13(12(11)20)16(21)22)8-10-14(30-27-15(10)19)17-24-5-3-6-25-17/h3-7,16H,8-9H2,1-2H3,(H,23,26,29). The predicted molar refractivity (Wildman–Crippen MR) is 99.1 cm³/mol. The quantitative estimate of drug-likeness (QED) is 0.692. The Kier molecular flexibility index (Phi) is 4.88. The Bertz CT molecular complexity index is 1090. The van der Waals surface area contributed by atoms with Crippen molar-refractivity contribution < 1.29 is 22.5 Å². The van der Waals surface area contributed by atoms with Crippen LogP contribution in [0, 0.1) is 5.82 Å². The molecule has 0 unspecified atom stereocenters. The number of carbonyl (C=O) groups is 1. The number of anilines is 1. The summed E-state index contributed by atoms with van der Waals surface area (Å²) in [5.74, 6) is -0.599. The van der Waals surface area contributed by atoms with Gasteiger partial charge in [-0.2, -0.15) is 0 Å². The monoisotopic (exact) mass is 418 g/mol. The molecule has 11 heteroatoms. The summed E-state index contributed by atoms with van der Waals surface area (Å²) < 4.78 is 45.5. The second-order valence-corrected chi connectivity index (χ2v) is 7.44. The fourth-order valence-corrected chi connectivity index (χ4v) is 3.43. The average molecular weight is 418 g/mol. The van der Waals surface area contributed by atoms with E-state index < -0.39 is 29.4 Å². The van der Waals surface area contributed by atoms with E-state index in [0.29, 0.717) is 22.8 Å². The van der Waals surface area contributed by atoms with Crippen molar-refractivity contribution in [2.24, 2.45) is 0 Å². The van der Waals surface area contributed by atoms with Crippen LogP contribution in [0.4, 0.5) is 23.7 Å². The summed E-state index contributed by atoms with van der Waals surface area (Å²) in [5, 5.41) is 6.50. The molecule has 0 aromatic carbocycles. The van der Waals surface area contributed by atoms with Gasteiger partial charge in [0.25, 0.3) is 6.43 Å². The smallest absolute Gasteiger partial charge is 0.322 e. The molecule has 3 aromatic rings. The van der Waals surface area contributed by atoms with E-state index in [0.717, 1.165) is 12.3 Å². The largest absolute Gasteiger partial charge is 0.352 e. The minimum absolute atomic E-state index is 0.107. The molecule has 156 valence electrons. The molecule has 0 bridgehead atoms. The molecule has 4 rings (SSSR count). The number of urea groups is 1. The Morgan fingerprint density at radius 3 is 2.67 bits per heavy atom. The van der Waals surface area contributed by atoms with Gasteiger partial charge in [0.1, 0.15) is 5.69 Å². The molecule has 0 aliphatic carbocycles. The molecule has 8 nitrogen and oxygen atoms in total. The van der Waals surface area contributed by atoms with Gasteiger partial charge in [-0.25, -0.2) is 27.9 Å². The van der Waals surface area contributed by atoms with Gasteiger partial charge in [0.05, 0.1) is 17.9 Å². The Morgan fingerprint density at radius 1 is 1.23 bits per heavy atom. The first-order chi connectivity index (χ1) is 14.3. The van der Waals surface area contributed by atoms with E-state index in [1.165, 1.54) is 4.90 Å². The number of hydrogen-bond donors (Lipinski definition) is 1.